The fourth-order valence-corrected chi connectivity index (χ4v) is 2.89. The molecule has 0 saturated heterocycles. The summed E-state index contributed by atoms with van der Waals surface area (Å²) >= 11 is 0. The predicted molar refractivity (Wildman–Crippen MR) is 82.0 cm³/mol. The minimum absolute atomic E-state index is 0.0586. The van der Waals surface area contributed by atoms with Crippen LogP contribution in [0.25, 0.3) is 0 Å². The van der Waals surface area contributed by atoms with E-state index < -0.39 is 5.60 Å². The van der Waals surface area contributed by atoms with Gasteiger partial charge in [-0.1, -0.05) is 48.5 Å². The van der Waals surface area contributed by atoms with E-state index in [-0.39, 0.29) is 22.7 Å². The molecule has 19 heavy (non-hydrogen) atoms. The largest absolute Gasteiger partial charge is 0.460 e. The average molecular weight is 270 g/mol. The maximum atomic E-state index is 12.5. The highest BCUT2D eigenvalue weighted by atomic mass is 16.6. The van der Waals surface area contributed by atoms with Crippen LogP contribution in [0, 0.1) is 22.7 Å². The Labute approximate surface area is 120 Å². The summed E-state index contributed by atoms with van der Waals surface area (Å²) < 4.78 is 5.62. The lowest BCUT2D eigenvalue weighted by atomic mass is 9.69. The molecule has 0 aliphatic carbocycles. The molecule has 0 aromatic carbocycles. The lowest BCUT2D eigenvalue weighted by Crippen LogP contribution is -2.39. The van der Waals surface area contributed by atoms with Gasteiger partial charge in [0.15, 0.2) is 0 Å². The number of esters is 1. The highest BCUT2D eigenvalue weighted by Crippen LogP contribution is 2.39. The van der Waals surface area contributed by atoms with E-state index in [1.807, 2.05) is 20.8 Å². The Bertz CT molecular complexity index is 297. The predicted octanol–water partition coefficient (Wildman–Crippen LogP) is 5.06. The smallest absolute Gasteiger partial charge is 0.310 e. The Hall–Kier alpha value is -0.530. The standard InChI is InChI=1S/C17H34O2/c1-12(11-15(2,3)4)13(16(5,6)7)14(18)19-17(8,9)10/h12-13H,11H2,1-10H3. The molecule has 0 aromatic heterocycles. The second-order valence-corrected chi connectivity index (χ2v) is 9.12. The number of rotatable bonds is 3. The van der Waals surface area contributed by atoms with E-state index in [2.05, 4.69) is 48.5 Å². The Morgan fingerprint density at radius 2 is 1.37 bits per heavy atom. The van der Waals surface area contributed by atoms with Crippen molar-refractivity contribution < 1.29 is 9.53 Å². The molecule has 0 N–H and O–H groups in total. The molecular weight excluding hydrogens is 236 g/mol. The molecule has 2 unspecified atom stereocenters. The van der Waals surface area contributed by atoms with E-state index in [1.165, 1.54) is 0 Å². The molecule has 2 nitrogen and oxygen atoms in total. The van der Waals surface area contributed by atoms with Gasteiger partial charge < -0.3 is 4.74 Å². The van der Waals surface area contributed by atoms with Gasteiger partial charge in [0.25, 0.3) is 0 Å². The van der Waals surface area contributed by atoms with Crippen molar-refractivity contribution in [1.29, 1.82) is 0 Å². The number of carbonyl (C=O) groups is 1. The summed E-state index contributed by atoms with van der Waals surface area (Å²) in [5.74, 6) is 0.192. The van der Waals surface area contributed by atoms with Crippen molar-refractivity contribution in [1.82, 2.24) is 0 Å². The van der Waals surface area contributed by atoms with Crippen molar-refractivity contribution in [2.24, 2.45) is 22.7 Å². The van der Waals surface area contributed by atoms with Crippen LogP contribution in [0.15, 0.2) is 0 Å². The Morgan fingerprint density at radius 1 is 0.947 bits per heavy atom. The van der Waals surface area contributed by atoms with Crippen LogP contribution in [0.3, 0.4) is 0 Å². The van der Waals surface area contributed by atoms with Crippen LogP contribution >= 0.6 is 0 Å². The van der Waals surface area contributed by atoms with Crippen LogP contribution in [0.2, 0.25) is 0 Å². The zero-order valence-corrected chi connectivity index (χ0v) is 14.7. The van der Waals surface area contributed by atoms with Crippen LogP contribution in [0.1, 0.15) is 75.7 Å². The molecule has 2 atom stereocenters. The number of hydrogen-bond acceptors (Lipinski definition) is 2. The second kappa shape index (κ2) is 5.85. The van der Waals surface area contributed by atoms with Crippen LogP contribution in [-0.2, 0) is 9.53 Å². The summed E-state index contributed by atoms with van der Waals surface area (Å²) in [5, 5.41) is 0. The molecule has 0 aliphatic heterocycles. The SMILES string of the molecule is CC(CC(C)(C)C)C(C(=O)OC(C)(C)C)C(C)(C)C. The quantitative estimate of drug-likeness (QED) is 0.670. The second-order valence-electron chi connectivity index (χ2n) is 9.12. The van der Waals surface area contributed by atoms with Crippen molar-refractivity contribution >= 4 is 5.97 Å². The van der Waals surface area contributed by atoms with Crippen molar-refractivity contribution in [3.05, 3.63) is 0 Å². The van der Waals surface area contributed by atoms with Crippen molar-refractivity contribution in [2.75, 3.05) is 0 Å². The van der Waals surface area contributed by atoms with Gasteiger partial charge in [-0.3, -0.25) is 4.79 Å². The van der Waals surface area contributed by atoms with Gasteiger partial charge in [-0.25, -0.2) is 0 Å². The summed E-state index contributed by atoms with van der Waals surface area (Å²) in [7, 11) is 0. The maximum absolute atomic E-state index is 12.5. The molecule has 2 heteroatoms. The highest BCUT2D eigenvalue weighted by Gasteiger charge is 2.39. The van der Waals surface area contributed by atoms with Gasteiger partial charge in [-0.15, -0.1) is 0 Å². The molecule has 0 rings (SSSR count). The van der Waals surface area contributed by atoms with Crippen LogP contribution in [-0.4, -0.2) is 11.6 Å². The summed E-state index contributed by atoms with van der Waals surface area (Å²) in [6, 6.07) is 0. The molecule has 0 bridgehead atoms. The molecular formula is C17H34O2. The Balaban J connectivity index is 5.09. The van der Waals surface area contributed by atoms with Gasteiger partial charge in [-0.05, 0) is 43.9 Å². The van der Waals surface area contributed by atoms with E-state index in [0.29, 0.717) is 5.92 Å². The number of ether oxygens (including phenoxy) is 1. The molecule has 0 radical (unpaired) electrons. The molecule has 0 fully saturated rings. The fraction of sp³-hybridized carbons (Fsp3) is 0.941. The Morgan fingerprint density at radius 3 is 1.63 bits per heavy atom. The lowest BCUT2D eigenvalue weighted by molar-refractivity contribution is -0.167. The minimum atomic E-state index is -0.415. The zero-order chi connectivity index (χ0) is 15.6. The zero-order valence-electron chi connectivity index (χ0n) is 14.7. The molecule has 0 aromatic rings. The first kappa shape index (κ1) is 18.5. The highest BCUT2D eigenvalue weighted by molar-refractivity contribution is 5.74. The van der Waals surface area contributed by atoms with Crippen LogP contribution in [0.5, 0.6) is 0 Å². The lowest BCUT2D eigenvalue weighted by Gasteiger charge is -2.37. The normalized spacial score (nSPS) is 16.9. The Kier molecular flexibility index (Phi) is 5.68. The first-order valence-electron chi connectivity index (χ1n) is 7.36. The third-order valence-electron chi connectivity index (χ3n) is 3.10. The molecule has 114 valence electrons. The third-order valence-corrected chi connectivity index (χ3v) is 3.10. The van der Waals surface area contributed by atoms with E-state index in [1.54, 1.807) is 0 Å². The molecule has 0 amide bonds. The first-order chi connectivity index (χ1) is 8.13. The monoisotopic (exact) mass is 270 g/mol. The van der Waals surface area contributed by atoms with Gasteiger partial charge >= 0.3 is 5.97 Å². The molecule has 0 aliphatic rings. The number of carbonyl (C=O) groups excluding carboxylic acids is 1. The van der Waals surface area contributed by atoms with E-state index in [9.17, 15) is 4.79 Å². The van der Waals surface area contributed by atoms with Gasteiger partial charge in [0, 0.05) is 0 Å². The maximum Gasteiger partial charge on any atom is 0.310 e. The molecule has 0 saturated carbocycles. The van der Waals surface area contributed by atoms with Crippen molar-refractivity contribution in [2.45, 2.75) is 81.3 Å². The summed E-state index contributed by atoms with van der Waals surface area (Å²) in [6.07, 6.45) is 1.02. The van der Waals surface area contributed by atoms with E-state index in [0.717, 1.165) is 6.42 Å². The summed E-state index contributed by atoms with van der Waals surface area (Å²) in [4.78, 5) is 12.5. The average Bonchev–Trinajstić information content (AvgIpc) is 1.90. The number of hydrogen-bond donors (Lipinski definition) is 0. The third kappa shape index (κ3) is 7.59. The summed E-state index contributed by atoms with van der Waals surface area (Å²) in [6.45, 7) is 21.0. The fourth-order valence-electron chi connectivity index (χ4n) is 2.89. The molecule has 0 spiro atoms. The van der Waals surface area contributed by atoms with E-state index >= 15 is 0 Å². The van der Waals surface area contributed by atoms with Crippen LogP contribution in [0.4, 0.5) is 0 Å². The van der Waals surface area contributed by atoms with Gasteiger partial charge in [0.1, 0.15) is 5.60 Å². The topological polar surface area (TPSA) is 26.3 Å². The minimum Gasteiger partial charge on any atom is -0.460 e. The van der Waals surface area contributed by atoms with Gasteiger partial charge in [-0.2, -0.15) is 0 Å². The van der Waals surface area contributed by atoms with Crippen molar-refractivity contribution in [3.63, 3.8) is 0 Å². The first-order valence-corrected chi connectivity index (χ1v) is 7.36. The van der Waals surface area contributed by atoms with E-state index in [4.69, 9.17) is 4.74 Å². The summed E-state index contributed by atoms with van der Waals surface area (Å²) in [5.41, 5.74) is -0.264. The van der Waals surface area contributed by atoms with Gasteiger partial charge in [0.05, 0.1) is 5.92 Å². The van der Waals surface area contributed by atoms with Crippen molar-refractivity contribution in [3.8, 4) is 0 Å². The van der Waals surface area contributed by atoms with Crippen LogP contribution < -0.4 is 0 Å². The van der Waals surface area contributed by atoms with Gasteiger partial charge in [0.2, 0.25) is 0 Å². The molecule has 0 heterocycles.